The Hall–Kier alpha value is -1.96. The summed E-state index contributed by atoms with van der Waals surface area (Å²) >= 11 is 0. The van der Waals surface area contributed by atoms with Crippen molar-refractivity contribution in [2.45, 2.75) is 51.6 Å². The normalized spacial score (nSPS) is 19.3. The van der Waals surface area contributed by atoms with Crippen molar-refractivity contribution < 1.29 is 19.2 Å². The van der Waals surface area contributed by atoms with Crippen LogP contribution in [0.15, 0.2) is 4.52 Å². The molecule has 2 fully saturated rings. The first-order valence-electron chi connectivity index (χ1n) is 9.16. The van der Waals surface area contributed by atoms with Gasteiger partial charge in [0.05, 0.1) is 0 Å². The van der Waals surface area contributed by atoms with Crippen LogP contribution in [0, 0.1) is 11.8 Å². The van der Waals surface area contributed by atoms with Crippen LogP contribution in [0.5, 0.6) is 0 Å². The molecule has 0 unspecified atom stereocenters. The minimum Gasteiger partial charge on any atom is -0.387 e. The molecule has 0 radical (unpaired) electrons. The van der Waals surface area contributed by atoms with Crippen molar-refractivity contribution in [3.05, 3.63) is 11.7 Å². The van der Waals surface area contributed by atoms with Gasteiger partial charge in [0.15, 0.2) is 5.82 Å². The summed E-state index contributed by atoms with van der Waals surface area (Å²) < 4.78 is 4.80. The predicted molar refractivity (Wildman–Crippen MR) is 88.2 cm³/mol. The van der Waals surface area contributed by atoms with E-state index in [1.807, 2.05) is 4.90 Å². The molecule has 8 heteroatoms. The van der Waals surface area contributed by atoms with Gasteiger partial charge in [0.2, 0.25) is 11.8 Å². The van der Waals surface area contributed by atoms with Gasteiger partial charge < -0.3 is 19.8 Å². The van der Waals surface area contributed by atoms with E-state index in [1.54, 1.807) is 0 Å². The standard InChI is InChI=1S/C17H26N4O4/c22-11-15-19-14(20-25-15)5-8-18-16(23)12-6-9-21(10-7-12)17(24)13-3-1-2-4-13/h12-13,22H,1-11H2,(H,18,23). The second-order valence-electron chi connectivity index (χ2n) is 6.88. The number of nitrogens with one attached hydrogen (secondary N) is 1. The first-order chi connectivity index (χ1) is 12.2. The van der Waals surface area contributed by atoms with Crippen molar-refractivity contribution >= 4 is 11.8 Å². The summed E-state index contributed by atoms with van der Waals surface area (Å²) in [5.41, 5.74) is 0. The molecule has 25 heavy (non-hydrogen) atoms. The minimum absolute atomic E-state index is 0.0267. The molecular weight excluding hydrogens is 324 g/mol. The van der Waals surface area contributed by atoms with Crippen LogP contribution < -0.4 is 5.32 Å². The van der Waals surface area contributed by atoms with Crippen LogP contribution in [0.4, 0.5) is 0 Å². The quantitative estimate of drug-likeness (QED) is 0.780. The molecule has 2 N–H and O–H groups in total. The molecule has 1 aromatic rings. The van der Waals surface area contributed by atoms with Crippen molar-refractivity contribution in [3.63, 3.8) is 0 Å². The summed E-state index contributed by atoms with van der Waals surface area (Å²) in [6.07, 6.45) is 6.28. The Balaban J connectivity index is 1.37. The van der Waals surface area contributed by atoms with Crippen molar-refractivity contribution in [2.24, 2.45) is 11.8 Å². The van der Waals surface area contributed by atoms with Gasteiger partial charge >= 0.3 is 0 Å². The maximum atomic E-state index is 12.4. The lowest BCUT2D eigenvalue weighted by atomic mass is 9.94. The highest BCUT2D eigenvalue weighted by atomic mass is 16.5. The Labute approximate surface area is 147 Å². The number of hydrogen-bond acceptors (Lipinski definition) is 6. The summed E-state index contributed by atoms with van der Waals surface area (Å²) in [5.74, 6) is 1.14. The molecule has 1 saturated carbocycles. The molecule has 2 aliphatic rings. The van der Waals surface area contributed by atoms with Gasteiger partial charge in [-0.05, 0) is 25.7 Å². The SMILES string of the molecule is O=C(NCCc1noc(CO)n1)C1CCN(C(=O)C2CCCC2)CC1. The monoisotopic (exact) mass is 350 g/mol. The number of aliphatic hydroxyl groups is 1. The number of hydrogen-bond donors (Lipinski definition) is 2. The van der Waals surface area contributed by atoms with Crippen molar-refractivity contribution in [1.29, 1.82) is 0 Å². The number of carbonyl (C=O) groups is 2. The summed E-state index contributed by atoms with van der Waals surface area (Å²) in [7, 11) is 0. The van der Waals surface area contributed by atoms with Gasteiger partial charge in [-0.15, -0.1) is 0 Å². The molecule has 3 rings (SSSR count). The smallest absolute Gasteiger partial charge is 0.252 e. The molecule has 2 heterocycles. The van der Waals surface area contributed by atoms with E-state index >= 15 is 0 Å². The average molecular weight is 350 g/mol. The number of piperidine rings is 1. The van der Waals surface area contributed by atoms with Gasteiger partial charge in [-0.2, -0.15) is 4.98 Å². The number of nitrogens with zero attached hydrogens (tertiary/aromatic N) is 3. The number of rotatable bonds is 6. The zero-order chi connectivity index (χ0) is 17.6. The predicted octanol–water partition coefficient (Wildman–Crippen LogP) is 0.649. The largest absolute Gasteiger partial charge is 0.387 e. The van der Waals surface area contributed by atoms with Crippen LogP contribution in [0.1, 0.15) is 50.2 Å². The molecule has 0 bridgehead atoms. The fourth-order valence-corrected chi connectivity index (χ4v) is 3.69. The highest BCUT2D eigenvalue weighted by molar-refractivity contribution is 5.81. The molecule has 1 saturated heterocycles. The Morgan fingerprint density at radius 1 is 1.16 bits per heavy atom. The highest BCUT2D eigenvalue weighted by Crippen LogP contribution is 2.28. The lowest BCUT2D eigenvalue weighted by Gasteiger charge is -2.33. The molecule has 1 aliphatic carbocycles. The molecule has 1 aliphatic heterocycles. The first-order valence-corrected chi connectivity index (χ1v) is 9.16. The number of carbonyl (C=O) groups excluding carboxylic acids is 2. The molecule has 2 amide bonds. The molecule has 0 atom stereocenters. The van der Waals surface area contributed by atoms with E-state index in [9.17, 15) is 9.59 Å². The average Bonchev–Trinajstić information content (AvgIpc) is 3.33. The minimum atomic E-state index is -0.280. The van der Waals surface area contributed by atoms with Crippen LogP contribution in [0.3, 0.4) is 0 Å². The van der Waals surface area contributed by atoms with E-state index in [-0.39, 0.29) is 36.1 Å². The molecule has 0 aromatic carbocycles. The highest BCUT2D eigenvalue weighted by Gasteiger charge is 2.31. The van der Waals surface area contributed by atoms with Crippen LogP contribution in [0.2, 0.25) is 0 Å². The summed E-state index contributed by atoms with van der Waals surface area (Å²) in [4.78, 5) is 30.6. The van der Waals surface area contributed by atoms with Gasteiger partial charge in [-0.3, -0.25) is 9.59 Å². The number of aliphatic hydroxyl groups excluding tert-OH is 1. The van der Waals surface area contributed by atoms with Gasteiger partial charge in [0, 0.05) is 37.9 Å². The third kappa shape index (κ3) is 4.56. The zero-order valence-electron chi connectivity index (χ0n) is 14.4. The molecule has 1 aromatic heterocycles. The van der Waals surface area contributed by atoms with E-state index in [4.69, 9.17) is 9.63 Å². The maximum Gasteiger partial charge on any atom is 0.252 e. The third-order valence-electron chi connectivity index (χ3n) is 5.18. The van der Waals surface area contributed by atoms with Gasteiger partial charge in [-0.1, -0.05) is 18.0 Å². The van der Waals surface area contributed by atoms with E-state index in [0.717, 1.165) is 38.5 Å². The Bertz CT molecular complexity index is 589. The fourth-order valence-electron chi connectivity index (χ4n) is 3.69. The number of amides is 2. The fraction of sp³-hybridized carbons (Fsp3) is 0.765. The Kier molecular flexibility index (Phi) is 6.01. The van der Waals surface area contributed by atoms with E-state index in [1.165, 1.54) is 0 Å². The summed E-state index contributed by atoms with van der Waals surface area (Å²) in [5, 5.41) is 15.5. The molecular formula is C17H26N4O4. The second kappa shape index (κ2) is 8.42. The van der Waals surface area contributed by atoms with Crippen LogP contribution in [-0.4, -0.2) is 51.6 Å². The molecule has 138 valence electrons. The Morgan fingerprint density at radius 3 is 2.52 bits per heavy atom. The lowest BCUT2D eigenvalue weighted by Crippen LogP contribution is -2.45. The van der Waals surface area contributed by atoms with Gasteiger partial charge in [0.1, 0.15) is 6.61 Å². The van der Waals surface area contributed by atoms with Crippen LogP contribution in [-0.2, 0) is 22.6 Å². The van der Waals surface area contributed by atoms with Gasteiger partial charge in [0.25, 0.3) is 5.89 Å². The van der Waals surface area contributed by atoms with Crippen molar-refractivity contribution in [3.8, 4) is 0 Å². The summed E-state index contributed by atoms with van der Waals surface area (Å²) in [6.45, 7) is 1.51. The van der Waals surface area contributed by atoms with E-state index < -0.39 is 0 Å². The van der Waals surface area contributed by atoms with Crippen molar-refractivity contribution in [1.82, 2.24) is 20.4 Å². The number of aromatic nitrogens is 2. The summed E-state index contributed by atoms with van der Waals surface area (Å²) in [6, 6.07) is 0. The third-order valence-corrected chi connectivity index (χ3v) is 5.18. The van der Waals surface area contributed by atoms with Crippen LogP contribution in [0.25, 0.3) is 0 Å². The van der Waals surface area contributed by atoms with Crippen molar-refractivity contribution in [2.75, 3.05) is 19.6 Å². The van der Waals surface area contributed by atoms with Crippen LogP contribution >= 0.6 is 0 Å². The van der Waals surface area contributed by atoms with E-state index in [0.29, 0.717) is 31.9 Å². The zero-order valence-corrected chi connectivity index (χ0v) is 14.4. The topological polar surface area (TPSA) is 109 Å². The second-order valence-corrected chi connectivity index (χ2v) is 6.88. The van der Waals surface area contributed by atoms with E-state index in [2.05, 4.69) is 15.5 Å². The first kappa shape index (κ1) is 17.8. The van der Waals surface area contributed by atoms with Gasteiger partial charge in [-0.25, -0.2) is 0 Å². The number of likely N-dealkylation sites (tertiary alicyclic amines) is 1. The molecule has 0 spiro atoms. The Morgan fingerprint density at radius 2 is 1.88 bits per heavy atom. The lowest BCUT2D eigenvalue weighted by molar-refractivity contribution is -0.139. The maximum absolute atomic E-state index is 12.4. The molecule has 8 nitrogen and oxygen atoms in total.